The molecule has 1 heterocycles. The SMILES string of the molecule is C=CCNC(=O)CNC(C)c1occc1C. The quantitative estimate of drug-likeness (QED) is 0.718. The lowest BCUT2D eigenvalue weighted by Crippen LogP contribution is -2.35. The lowest BCUT2D eigenvalue weighted by atomic mass is 10.2. The molecule has 88 valence electrons. The molecule has 4 nitrogen and oxygen atoms in total. The van der Waals surface area contributed by atoms with Gasteiger partial charge in [-0.25, -0.2) is 0 Å². The summed E-state index contributed by atoms with van der Waals surface area (Å²) in [5, 5.41) is 5.79. The van der Waals surface area contributed by atoms with Crippen LogP contribution in [0.4, 0.5) is 0 Å². The molecule has 0 aliphatic carbocycles. The summed E-state index contributed by atoms with van der Waals surface area (Å²) in [6.45, 7) is 8.24. The van der Waals surface area contributed by atoms with Crippen LogP contribution in [-0.2, 0) is 4.79 Å². The number of hydrogen-bond donors (Lipinski definition) is 2. The predicted molar refractivity (Wildman–Crippen MR) is 63.1 cm³/mol. The standard InChI is InChI=1S/C12H18N2O2/c1-4-6-13-11(15)8-14-10(3)12-9(2)5-7-16-12/h4-5,7,10,14H,1,6,8H2,2-3H3,(H,13,15). The number of carbonyl (C=O) groups excluding carboxylic acids is 1. The molecule has 1 amide bonds. The van der Waals surface area contributed by atoms with Crippen LogP contribution in [-0.4, -0.2) is 19.0 Å². The maximum Gasteiger partial charge on any atom is 0.234 e. The molecule has 0 saturated heterocycles. The van der Waals surface area contributed by atoms with Crippen LogP contribution in [0, 0.1) is 6.92 Å². The smallest absolute Gasteiger partial charge is 0.234 e. The van der Waals surface area contributed by atoms with Gasteiger partial charge in [-0.2, -0.15) is 0 Å². The Balaban J connectivity index is 2.35. The summed E-state index contributed by atoms with van der Waals surface area (Å²) in [5.41, 5.74) is 1.09. The molecule has 0 aliphatic rings. The molecule has 1 aromatic rings. The summed E-state index contributed by atoms with van der Waals surface area (Å²) >= 11 is 0. The first-order valence-electron chi connectivity index (χ1n) is 5.30. The first-order valence-corrected chi connectivity index (χ1v) is 5.30. The largest absolute Gasteiger partial charge is 0.467 e. The number of furan rings is 1. The van der Waals surface area contributed by atoms with Crippen molar-refractivity contribution < 1.29 is 9.21 Å². The zero-order valence-electron chi connectivity index (χ0n) is 9.75. The van der Waals surface area contributed by atoms with Crippen LogP contribution < -0.4 is 10.6 Å². The summed E-state index contributed by atoms with van der Waals surface area (Å²) in [6, 6.07) is 1.94. The fourth-order valence-electron chi connectivity index (χ4n) is 1.42. The van der Waals surface area contributed by atoms with E-state index in [1.165, 1.54) is 0 Å². The third kappa shape index (κ3) is 3.55. The van der Waals surface area contributed by atoms with E-state index in [1.54, 1.807) is 12.3 Å². The third-order valence-electron chi connectivity index (χ3n) is 2.31. The van der Waals surface area contributed by atoms with Crippen molar-refractivity contribution >= 4 is 5.91 Å². The van der Waals surface area contributed by atoms with E-state index < -0.39 is 0 Å². The molecule has 0 aromatic carbocycles. The minimum absolute atomic E-state index is 0.0319. The van der Waals surface area contributed by atoms with Crippen LogP contribution in [0.25, 0.3) is 0 Å². The summed E-state index contributed by atoms with van der Waals surface area (Å²) in [6.07, 6.45) is 3.30. The van der Waals surface area contributed by atoms with Crippen molar-refractivity contribution in [3.8, 4) is 0 Å². The Morgan fingerprint density at radius 1 is 1.69 bits per heavy atom. The van der Waals surface area contributed by atoms with Crippen LogP contribution in [0.1, 0.15) is 24.3 Å². The van der Waals surface area contributed by atoms with Crippen LogP contribution in [0.2, 0.25) is 0 Å². The Bertz CT molecular complexity index is 358. The van der Waals surface area contributed by atoms with Gasteiger partial charge in [0.2, 0.25) is 5.91 Å². The highest BCUT2D eigenvalue weighted by atomic mass is 16.3. The molecule has 1 atom stereocenters. The molecule has 1 rings (SSSR count). The highest BCUT2D eigenvalue weighted by Crippen LogP contribution is 2.17. The number of carbonyl (C=O) groups is 1. The number of rotatable bonds is 6. The van der Waals surface area contributed by atoms with Crippen molar-refractivity contribution in [1.82, 2.24) is 10.6 Å². The molecule has 0 saturated carbocycles. The Hall–Kier alpha value is -1.55. The maximum absolute atomic E-state index is 11.3. The Labute approximate surface area is 95.7 Å². The van der Waals surface area contributed by atoms with Gasteiger partial charge < -0.3 is 9.73 Å². The van der Waals surface area contributed by atoms with E-state index in [-0.39, 0.29) is 18.5 Å². The van der Waals surface area contributed by atoms with Crippen molar-refractivity contribution in [2.75, 3.05) is 13.1 Å². The van der Waals surface area contributed by atoms with E-state index >= 15 is 0 Å². The summed E-state index contributed by atoms with van der Waals surface area (Å²) in [5.74, 6) is 0.826. The van der Waals surface area contributed by atoms with Gasteiger partial charge in [0.25, 0.3) is 0 Å². The van der Waals surface area contributed by atoms with Gasteiger partial charge in [-0.05, 0) is 25.5 Å². The molecule has 1 unspecified atom stereocenters. The normalized spacial score (nSPS) is 12.1. The van der Waals surface area contributed by atoms with Crippen molar-refractivity contribution in [2.45, 2.75) is 19.9 Å². The second-order valence-electron chi connectivity index (χ2n) is 3.66. The van der Waals surface area contributed by atoms with Crippen LogP contribution in [0.3, 0.4) is 0 Å². The molecular formula is C12H18N2O2. The zero-order valence-corrected chi connectivity index (χ0v) is 9.75. The lowest BCUT2D eigenvalue weighted by Gasteiger charge is -2.11. The topological polar surface area (TPSA) is 54.3 Å². The van der Waals surface area contributed by atoms with Crippen LogP contribution in [0.15, 0.2) is 29.4 Å². The fourth-order valence-corrected chi connectivity index (χ4v) is 1.42. The van der Waals surface area contributed by atoms with Crippen molar-refractivity contribution in [3.63, 3.8) is 0 Å². The first-order chi connectivity index (χ1) is 7.65. The van der Waals surface area contributed by atoms with Crippen molar-refractivity contribution in [2.24, 2.45) is 0 Å². The molecule has 0 spiro atoms. The van der Waals surface area contributed by atoms with Gasteiger partial charge in [0.15, 0.2) is 0 Å². The molecule has 16 heavy (non-hydrogen) atoms. The molecule has 0 radical (unpaired) electrons. The predicted octanol–water partition coefficient (Wildman–Crippen LogP) is 1.54. The van der Waals surface area contributed by atoms with Gasteiger partial charge in [-0.3, -0.25) is 10.1 Å². The number of hydrogen-bond acceptors (Lipinski definition) is 3. The van der Waals surface area contributed by atoms with Crippen LogP contribution in [0.5, 0.6) is 0 Å². The highest BCUT2D eigenvalue weighted by molar-refractivity contribution is 5.78. The van der Waals surface area contributed by atoms with Crippen molar-refractivity contribution in [1.29, 1.82) is 0 Å². The number of nitrogens with one attached hydrogen (secondary N) is 2. The van der Waals surface area contributed by atoms with E-state index in [0.29, 0.717) is 6.54 Å². The Kier molecular flexibility index (Phi) is 4.79. The monoisotopic (exact) mass is 222 g/mol. The molecule has 0 bridgehead atoms. The van der Waals surface area contributed by atoms with Gasteiger partial charge in [0, 0.05) is 6.54 Å². The molecule has 2 N–H and O–H groups in total. The average Bonchev–Trinajstić information content (AvgIpc) is 2.69. The lowest BCUT2D eigenvalue weighted by molar-refractivity contribution is -0.120. The second-order valence-corrected chi connectivity index (χ2v) is 3.66. The third-order valence-corrected chi connectivity index (χ3v) is 2.31. The van der Waals surface area contributed by atoms with E-state index in [2.05, 4.69) is 17.2 Å². The van der Waals surface area contributed by atoms with E-state index in [4.69, 9.17) is 4.42 Å². The molecular weight excluding hydrogens is 204 g/mol. The van der Waals surface area contributed by atoms with Gasteiger partial charge in [0.1, 0.15) is 5.76 Å². The number of amides is 1. The fraction of sp³-hybridized carbons (Fsp3) is 0.417. The first kappa shape index (κ1) is 12.5. The highest BCUT2D eigenvalue weighted by Gasteiger charge is 2.12. The Morgan fingerprint density at radius 3 is 3.00 bits per heavy atom. The average molecular weight is 222 g/mol. The van der Waals surface area contributed by atoms with Gasteiger partial charge in [-0.15, -0.1) is 6.58 Å². The molecule has 0 aliphatic heterocycles. The van der Waals surface area contributed by atoms with E-state index in [0.717, 1.165) is 11.3 Å². The molecule has 0 fully saturated rings. The number of aryl methyl sites for hydroxylation is 1. The van der Waals surface area contributed by atoms with Gasteiger partial charge >= 0.3 is 0 Å². The van der Waals surface area contributed by atoms with Gasteiger partial charge in [0.05, 0.1) is 18.8 Å². The van der Waals surface area contributed by atoms with E-state index in [1.807, 2.05) is 19.9 Å². The van der Waals surface area contributed by atoms with Crippen LogP contribution >= 0.6 is 0 Å². The summed E-state index contributed by atoms with van der Waals surface area (Å²) in [4.78, 5) is 11.3. The Morgan fingerprint density at radius 2 is 2.44 bits per heavy atom. The zero-order chi connectivity index (χ0) is 12.0. The van der Waals surface area contributed by atoms with Crippen molar-refractivity contribution in [3.05, 3.63) is 36.3 Å². The summed E-state index contributed by atoms with van der Waals surface area (Å²) < 4.78 is 5.33. The maximum atomic E-state index is 11.3. The minimum atomic E-state index is -0.0454. The minimum Gasteiger partial charge on any atom is -0.467 e. The second kappa shape index (κ2) is 6.12. The van der Waals surface area contributed by atoms with E-state index in [9.17, 15) is 4.79 Å². The summed E-state index contributed by atoms with van der Waals surface area (Å²) in [7, 11) is 0. The van der Waals surface area contributed by atoms with Gasteiger partial charge in [-0.1, -0.05) is 6.08 Å². The molecule has 1 aromatic heterocycles. The molecule has 4 heteroatoms.